The quantitative estimate of drug-likeness (QED) is 0.469. The SMILES string of the molecule is CC.N#Cc1ccc(-n2cc(C(=O)Nc3ccc4c(c3)CCN(C3CCC3)CC4)c(C(F)(F)F)n2)cc1. The lowest BCUT2D eigenvalue weighted by molar-refractivity contribution is -0.141. The number of hydrogen-bond donors (Lipinski definition) is 1. The molecular weight excluding hydrogens is 479 g/mol. The Hall–Kier alpha value is -3.64. The number of rotatable bonds is 4. The molecule has 1 aliphatic heterocycles. The van der Waals surface area contributed by atoms with Gasteiger partial charge in [-0.3, -0.25) is 9.69 Å². The van der Waals surface area contributed by atoms with Gasteiger partial charge >= 0.3 is 6.18 Å². The summed E-state index contributed by atoms with van der Waals surface area (Å²) in [5, 5.41) is 15.2. The maximum Gasteiger partial charge on any atom is 0.435 e. The van der Waals surface area contributed by atoms with E-state index in [9.17, 15) is 18.0 Å². The number of alkyl halides is 3. The number of anilines is 1. The number of carbonyl (C=O) groups excluding carboxylic acids is 1. The van der Waals surface area contributed by atoms with E-state index in [1.165, 1.54) is 49.1 Å². The lowest BCUT2D eigenvalue weighted by Crippen LogP contribution is -2.41. The molecule has 2 aromatic carbocycles. The summed E-state index contributed by atoms with van der Waals surface area (Å²) in [6.45, 7) is 5.96. The highest BCUT2D eigenvalue weighted by Gasteiger charge is 2.39. The number of fused-ring (bicyclic) bond motifs is 1. The highest BCUT2D eigenvalue weighted by Crippen LogP contribution is 2.32. The summed E-state index contributed by atoms with van der Waals surface area (Å²) in [6.07, 6.45) is 1.81. The molecule has 0 atom stereocenters. The molecule has 1 saturated carbocycles. The van der Waals surface area contributed by atoms with Crippen molar-refractivity contribution in [3.63, 3.8) is 0 Å². The number of nitrogens with one attached hydrogen (secondary N) is 1. The van der Waals surface area contributed by atoms with Gasteiger partial charge < -0.3 is 5.32 Å². The Labute approximate surface area is 214 Å². The summed E-state index contributed by atoms with van der Waals surface area (Å²) >= 11 is 0. The monoisotopic (exact) mass is 509 g/mol. The average Bonchev–Trinajstić information content (AvgIpc) is 3.24. The molecule has 0 saturated heterocycles. The van der Waals surface area contributed by atoms with Crippen molar-refractivity contribution in [1.82, 2.24) is 14.7 Å². The van der Waals surface area contributed by atoms with Crippen molar-refractivity contribution in [3.05, 3.63) is 76.6 Å². The summed E-state index contributed by atoms with van der Waals surface area (Å²) in [5.74, 6) is -0.873. The first kappa shape index (κ1) is 26.4. The zero-order valence-corrected chi connectivity index (χ0v) is 21.0. The standard InChI is InChI=1S/C26H24F3N5O.C2H6/c27-26(28,29)24-23(16-34(32-24)22-8-4-17(15-30)5-9-22)25(35)31-20-7-6-18-10-12-33(21-2-1-3-21)13-11-19(18)14-20;1-2/h4-9,14,16,21H,1-3,10-13H2,(H,31,35);1-2H3. The van der Waals surface area contributed by atoms with Crippen molar-refractivity contribution in [2.45, 2.75) is 58.2 Å². The Kier molecular flexibility index (Phi) is 7.98. The van der Waals surface area contributed by atoms with E-state index in [1.807, 2.05) is 32.0 Å². The minimum Gasteiger partial charge on any atom is -0.322 e. The number of nitrogens with zero attached hydrogens (tertiary/aromatic N) is 4. The number of carbonyl (C=O) groups is 1. The topological polar surface area (TPSA) is 74.0 Å². The summed E-state index contributed by atoms with van der Waals surface area (Å²) in [7, 11) is 0. The second-order valence-electron chi connectivity index (χ2n) is 9.05. The van der Waals surface area contributed by atoms with Crippen molar-refractivity contribution in [1.29, 1.82) is 5.26 Å². The number of halogens is 3. The van der Waals surface area contributed by atoms with Crippen LogP contribution in [0.3, 0.4) is 0 Å². The van der Waals surface area contributed by atoms with Crippen LogP contribution in [0.25, 0.3) is 5.69 Å². The van der Waals surface area contributed by atoms with Crippen molar-refractivity contribution in [3.8, 4) is 11.8 Å². The molecule has 6 nitrogen and oxygen atoms in total. The van der Waals surface area contributed by atoms with E-state index in [-0.39, 0.29) is 0 Å². The molecule has 1 N–H and O–H groups in total. The van der Waals surface area contributed by atoms with Gasteiger partial charge in [0.2, 0.25) is 0 Å². The van der Waals surface area contributed by atoms with Gasteiger partial charge in [-0.2, -0.15) is 23.5 Å². The number of hydrogen-bond acceptors (Lipinski definition) is 4. The van der Waals surface area contributed by atoms with E-state index in [0.717, 1.165) is 42.4 Å². The van der Waals surface area contributed by atoms with E-state index in [2.05, 4.69) is 15.3 Å². The molecule has 3 aromatic rings. The third kappa shape index (κ3) is 5.86. The number of nitriles is 1. The van der Waals surface area contributed by atoms with Crippen LogP contribution in [0, 0.1) is 11.3 Å². The average molecular weight is 510 g/mol. The van der Waals surface area contributed by atoms with Crippen LogP contribution in [0.15, 0.2) is 48.7 Å². The maximum atomic E-state index is 13.7. The lowest BCUT2D eigenvalue weighted by Gasteiger charge is -2.36. The normalized spacial score (nSPS) is 15.9. The molecule has 2 aliphatic rings. The first-order valence-electron chi connectivity index (χ1n) is 12.7. The largest absolute Gasteiger partial charge is 0.435 e. The van der Waals surface area contributed by atoms with Crippen molar-refractivity contribution in [2.24, 2.45) is 0 Å². The van der Waals surface area contributed by atoms with Crippen molar-refractivity contribution < 1.29 is 18.0 Å². The second kappa shape index (κ2) is 11.2. The Bertz CT molecular complexity index is 1290. The molecule has 194 valence electrons. The van der Waals surface area contributed by atoms with Gasteiger partial charge in [0, 0.05) is 31.0 Å². The van der Waals surface area contributed by atoms with E-state index < -0.39 is 23.3 Å². The number of benzene rings is 2. The molecular formula is C28H30F3N5O. The lowest BCUT2D eigenvalue weighted by atomic mass is 9.91. The van der Waals surface area contributed by atoms with Crippen molar-refractivity contribution in [2.75, 3.05) is 18.4 Å². The van der Waals surface area contributed by atoms with E-state index in [0.29, 0.717) is 23.0 Å². The molecule has 0 unspecified atom stereocenters. The molecule has 1 aromatic heterocycles. The predicted octanol–water partition coefficient (Wildman–Crippen LogP) is 5.99. The summed E-state index contributed by atoms with van der Waals surface area (Å²) in [5.41, 5.74) is 1.66. The van der Waals surface area contributed by atoms with Gasteiger partial charge in [-0.1, -0.05) is 26.3 Å². The minimum absolute atomic E-state index is 0.314. The maximum absolute atomic E-state index is 13.7. The summed E-state index contributed by atoms with van der Waals surface area (Å²) in [4.78, 5) is 15.5. The van der Waals surface area contributed by atoms with Crippen LogP contribution in [-0.2, 0) is 19.0 Å². The van der Waals surface area contributed by atoms with Gasteiger partial charge in [-0.05, 0) is 73.2 Å². The highest BCUT2D eigenvalue weighted by molar-refractivity contribution is 6.05. The van der Waals surface area contributed by atoms with Crippen LogP contribution >= 0.6 is 0 Å². The molecule has 1 fully saturated rings. The fourth-order valence-corrected chi connectivity index (χ4v) is 4.71. The smallest absolute Gasteiger partial charge is 0.322 e. The van der Waals surface area contributed by atoms with Gasteiger partial charge in [-0.25, -0.2) is 4.68 Å². The fraction of sp³-hybridized carbons (Fsp3) is 0.393. The highest BCUT2D eigenvalue weighted by atomic mass is 19.4. The molecule has 1 amide bonds. The fourth-order valence-electron chi connectivity index (χ4n) is 4.71. The van der Waals surface area contributed by atoms with Crippen LogP contribution < -0.4 is 5.32 Å². The molecule has 0 radical (unpaired) electrons. The van der Waals surface area contributed by atoms with E-state index >= 15 is 0 Å². The van der Waals surface area contributed by atoms with Gasteiger partial charge in [0.25, 0.3) is 5.91 Å². The van der Waals surface area contributed by atoms with Crippen LogP contribution in [0.2, 0.25) is 0 Å². The molecule has 37 heavy (non-hydrogen) atoms. The molecule has 0 spiro atoms. The molecule has 5 rings (SSSR count). The van der Waals surface area contributed by atoms with E-state index in [4.69, 9.17) is 5.26 Å². The van der Waals surface area contributed by atoms with Crippen LogP contribution in [0.1, 0.15) is 65.9 Å². The van der Waals surface area contributed by atoms with E-state index in [1.54, 1.807) is 6.07 Å². The third-order valence-corrected chi connectivity index (χ3v) is 6.88. The second-order valence-corrected chi connectivity index (χ2v) is 9.05. The minimum atomic E-state index is -4.80. The number of amides is 1. The Morgan fingerprint density at radius 1 is 1.05 bits per heavy atom. The van der Waals surface area contributed by atoms with Gasteiger partial charge in [-0.15, -0.1) is 0 Å². The van der Waals surface area contributed by atoms with Gasteiger partial charge in [0.05, 0.1) is 22.9 Å². The first-order chi connectivity index (χ1) is 17.8. The first-order valence-corrected chi connectivity index (χ1v) is 12.7. The Morgan fingerprint density at radius 3 is 2.32 bits per heavy atom. The summed E-state index contributed by atoms with van der Waals surface area (Å²) in [6, 6.07) is 14.1. The molecule has 0 bridgehead atoms. The molecule has 1 aliphatic carbocycles. The van der Waals surface area contributed by atoms with Crippen LogP contribution in [0.4, 0.5) is 18.9 Å². The Balaban J connectivity index is 0.00000156. The zero-order valence-electron chi connectivity index (χ0n) is 21.0. The van der Waals surface area contributed by atoms with Gasteiger partial charge in [0.1, 0.15) is 0 Å². The summed E-state index contributed by atoms with van der Waals surface area (Å²) < 4.78 is 42.1. The number of aromatic nitrogens is 2. The van der Waals surface area contributed by atoms with Crippen LogP contribution in [-0.4, -0.2) is 39.7 Å². The Morgan fingerprint density at radius 2 is 1.73 bits per heavy atom. The van der Waals surface area contributed by atoms with Crippen molar-refractivity contribution >= 4 is 11.6 Å². The predicted molar refractivity (Wildman–Crippen MR) is 136 cm³/mol. The third-order valence-electron chi connectivity index (χ3n) is 6.88. The molecule has 2 heterocycles. The van der Waals surface area contributed by atoms with Gasteiger partial charge in [0.15, 0.2) is 5.69 Å². The van der Waals surface area contributed by atoms with Crippen LogP contribution in [0.5, 0.6) is 0 Å². The molecule has 9 heteroatoms. The zero-order chi connectivity index (χ0) is 26.6.